The van der Waals surface area contributed by atoms with E-state index in [1.165, 1.54) is 0 Å². The first-order valence-corrected chi connectivity index (χ1v) is 5.90. The molecule has 1 N–H and O–H groups in total. The number of morpholine rings is 1. The second kappa shape index (κ2) is 5.25. The molecule has 0 amide bonds. The van der Waals surface area contributed by atoms with E-state index < -0.39 is 0 Å². The van der Waals surface area contributed by atoms with Crippen LogP contribution >= 0.6 is 11.6 Å². The average molecular weight is 232 g/mol. The molecule has 2 aliphatic heterocycles. The first kappa shape index (κ1) is 11.3. The Labute approximate surface area is 95.6 Å². The standard InChI is InChI=1S/C10H18ClN3O/c1-8-6-9(11)13-10(12-8)7-14-2-4-15-5-3-14/h8,10,12H,2-7H2,1H3. The monoisotopic (exact) mass is 231 g/mol. The lowest BCUT2D eigenvalue weighted by Gasteiger charge is -2.32. The largest absolute Gasteiger partial charge is 0.379 e. The van der Waals surface area contributed by atoms with Crippen LogP contribution in [-0.4, -0.2) is 55.1 Å². The van der Waals surface area contributed by atoms with Crippen LogP contribution in [0.2, 0.25) is 0 Å². The third-order valence-electron chi connectivity index (χ3n) is 2.78. The molecule has 15 heavy (non-hydrogen) atoms. The summed E-state index contributed by atoms with van der Waals surface area (Å²) in [4.78, 5) is 6.78. The fraction of sp³-hybridized carbons (Fsp3) is 0.900. The highest BCUT2D eigenvalue weighted by molar-refractivity contribution is 6.65. The molecule has 2 aliphatic rings. The highest BCUT2D eigenvalue weighted by Gasteiger charge is 2.21. The van der Waals surface area contributed by atoms with Gasteiger partial charge in [-0.15, -0.1) is 0 Å². The molecule has 2 rings (SSSR count). The number of nitrogens with one attached hydrogen (secondary N) is 1. The Morgan fingerprint density at radius 1 is 1.53 bits per heavy atom. The summed E-state index contributed by atoms with van der Waals surface area (Å²) in [6.07, 6.45) is 1.00. The first-order valence-electron chi connectivity index (χ1n) is 5.52. The molecule has 5 heteroatoms. The molecule has 0 bridgehead atoms. The molecule has 86 valence electrons. The van der Waals surface area contributed by atoms with Crippen molar-refractivity contribution in [2.45, 2.75) is 25.6 Å². The SMILES string of the molecule is CC1CC(Cl)=NC(CN2CCOCC2)N1. The van der Waals surface area contributed by atoms with Gasteiger partial charge in [-0.25, -0.2) is 0 Å². The summed E-state index contributed by atoms with van der Waals surface area (Å²) in [5, 5.41) is 4.19. The zero-order valence-corrected chi connectivity index (χ0v) is 9.83. The molecule has 0 radical (unpaired) electrons. The molecule has 2 atom stereocenters. The molecule has 0 saturated carbocycles. The van der Waals surface area contributed by atoms with E-state index in [1.807, 2.05) is 0 Å². The van der Waals surface area contributed by atoms with Gasteiger partial charge in [0, 0.05) is 32.1 Å². The number of hydrogen-bond donors (Lipinski definition) is 1. The number of rotatable bonds is 2. The molecule has 0 aliphatic carbocycles. The summed E-state index contributed by atoms with van der Waals surface area (Å²) in [5.41, 5.74) is 0. The number of halogens is 1. The summed E-state index contributed by atoms with van der Waals surface area (Å²) in [6.45, 7) is 6.74. The van der Waals surface area contributed by atoms with Crippen LogP contribution in [0.4, 0.5) is 0 Å². The molecular formula is C10H18ClN3O. The third kappa shape index (κ3) is 3.41. The van der Waals surface area contributed by atoms with Gasteiger partial charge >= 0.3 is 0 Å². The maximum atomic E-state index is 5.99. The van der Waals surface area contributed by atoms with Gasteiger partial charge in [-0.2, -0.15) is 0 Å². The van der Waals surface area contributed by atoms with Gasteiger partial charge in [0.1, 0.15) is 11.3 Å². The lowest BCUT2D eigenvalue weighted by Crippen LogP contribution is -2.49. The van der Waals surface area contributed by atoms with Gasteiger partial charge in [-0.3, -0.25) is 15.2 Å². The zero-order chi connectivity index (χ0) is 10.7. The lowest BCUT2D eigenvalue weighted by molar-refractivity contribution is 0.0332. The van der Waals surface area contributed by atoms with Crippen LogP contribution in [0.1, 0.15) is 13.3 Å². The number of ether oxygens (including phenoxy) is 1. The van der Waals surface area contributed by atoms with E-state index in [1.54, 1.807) is 0 Å². The van der Waals surface area contributed by atoms with Gasteiger partial charge in [0.2, 0.25) is 0 Å². The fourth-order valence-corrected chi connectivity index (χ4v) is 2.37. The molecule has 0 aromatic carbocycles. The highest BCUT2D eigenvalue weighted by Crippen LogP contribution is 2.10. The van der Waals surface area contributed by atoms with Crippen molar-refractivity contribution in [1.82, 2.24) is 10.2 Å². The van der Waals surface area contributed by atoms with Crippen LogP contribution in [0.15, 0.2) is 4.99 Å². The summed E-state index contributed by atoms with van der Waals surface area (Å²) in [6, 6.07) is 0.432. The van der Waals surface area contributed by atoms with Crippen LogP contribution in [0.3, 0.4) is 0 Å². The Hall–Kier alpha value is -0.160. The van der Waals surface area contributed by atoms with E-state index in [0.29, 0.717) is 6.04 Å². The summed E-state index contributed by atoms with van der Waals surface area (Å²) < 4.78 is 5.31. The van der Waals surface area contributed by atoms with E-state index in [2.05, 4.69) is 22.1 Å². The fourth-order valence-electron chi connectivity index (χ4n) is 2.02. The molecule has 0 aromatic heterocycles. The van der Waals surface area contributed by atoms with E-state index in [9.17, 15) is 0 Å². The van der Waals surface area contributed by atoms with Crippen molar-refractivity contribution in [3.05, 3.63) is 0 Å². The Morgan fingerprint density at radius 2 is 2.27 bits per heavy atom. The molecule has 1 fully saturated rings. The second-order valence-corrected chi connectivity index (χ2v) is 4.64. The van der Waals surface area contributed by atoms with Crippen LogP contribution in [0.25, 0.3) is 0 Å². The van der Waals surface area contributed by atoms with Crippen molar-refractivity contribution in [3.63, 3.8) is 0 Å². The van der Waals surface area contributed by atoms with Gasteiger partial charge in [0.05, 0.1) is 13.2 Å². The van der Waals surface area contributed by atoms with Crippen LogP contribution < -0.4 is 5.32 Å². The summed E-state index contributed by atoms with van der Waals surface area (Å²) in [5.74, 6) is 0. The topological polar surface area (TPSA) is 36.9 Å². The lowest BCUT2D eigenvalue weighted by atomic mass is 10.2. The van der Waals surface area contributed by atoms with E-state index in [0.717, 1.165) is 44.4 Å². The van der Waals surface area contributed by atoms with Gasteiger partial charge in [-0.1, -0.05) is 11.6 Å². The second-order valence-electron chi connectivity index (χ2n) is 4.21. The molecule has 2 unspecified atom stereocenters. The molecule has 0 spiro atoms. The highest BCUT2D eigenvalue weighted by atomic mass is 35.5. The summed E-state index contributed by atoms with van der Waals surface area (Å²) in [7, 11) is 0. The molecule has 1 saturated heterocycles. The first-order chi connectivity index (χ1) is 7.24. The van der Waals surface area contributed by atoms with Crippen LogP contribution in [0, 0.1) is 0 Å². The minimum Gasteiger partial charge on any atom is -0.379 e. The van der Waals surface area contributed by atoms with Gasteiger partial charge < -0.3 is 4.74 Å². The Morgan fingerprint density at radius 3 is 2.93 bits per heavy atom. The molecular weight excluding hydrogens is 214 g/mol. The zero-order valence-electron chi connectivity index (χ0n) is 9.08. The number of nitrogens with zero attached hydrogens (tertiary/aromatic N) is 2. The predicted molar refractivity (Wildman–Crippen MR) is 61.5 cm³/mol. The minimum absolute atomic E-state index is 0.152. The Balaban J connectivity index is 1.85. The Bertz CT molecular complexity index is 241. The van der Waals surface area contributed by atoms with E-state index in [4.69, 9.17) is 16.3 Å². The van der Waals surface area contributed by atoms with Crippen molar-refractivity contribution in [2.75, 3.05) is 32.8 Å². The summed E-state index contributed by atoms with van der Waals surface area (Å²) >= 11 is 5.99. The number of hydrogen-bond acceptors (Lipinski definition) is 4. The Kier molecular flexibility index (Phi) is 3.97. The normalized spacial score (nSPS) is 33.9. The molecule has 2 heterocycles. The molecule has 4 nitrogen and oxygen atoms in total. The van der Waals surface area contributed by atoms with E-state index in [-0.39, 0.29) is 6.17 Å². The third-order valence-corrected chi connectivity index (χ3v) is 3.03. The van der Waals surface area contributed by atoms with Crippen molar-refractivity contribution < 1.29 is 4.74 Å². The van der Waals surface area contributed by atoms with Gasteiger partial charge in [0.15, 0.2) is 0 Å². The van der Waals surface area contributed by atoms with Gasteiger partial charge in [-0.05, 0) is 6.92 Å². The van der Waals surface area contributed by atoms with Crippen LogP contribution in [0.5, 0.6) is 0 Å². The van der Waals surface area contributed by atoms with Crippen molar-refractivity contribution >= 4 is 16.8 Å². The minimum atomic E-state index is 0.152. The maximum Gasteiger partial charge on any atom is 0.114 e. The number of aliphatic imine (C=N–C) groups is 1. The predicted octanol–water partition coefficient (Wildman–Crippen LogP) is 0.664. The van der Waals surface area contributed by atoms with Crippen LogP contribution in [-0.2, 0) is 4.74 Å². The van der Waals surface area contributed by atoms with Gasteiger partial charge in [0.25, 0.3) is 0 Å². The van der Waals surface area contributed by atoms with Crippen molar-refractivity contribution in [3.8, 4) is 0 Å². The van der Waals surface area contributed by atoms with Crippen molar-refractivity contribution in [2.24, 2.45) is 4.99 Å². The van der Waals surface area contributed by atoms with E-state index >= 15 is 0 Å². The van der Waals surface area contributed by atoms with Crippen molar-refractivity contribution in [1.29, 1.82) is 0 Å². The quantitative estimate of drug-likeness (QED) is 0.759. The average Bonchev–Trinajstić information content (AvgIpc) is 2.17. The molecule has 0 aromatic rings. The maximum absolute atomic E-state index is 5.99. The smallest absolute Gasteiger partial charge is 0.114 e.